The second-order valence-corrected chi connectivity index (χ2v) is 8.82. The number of rotatable bonds is 3. The molecule has 0 atom stereocenters. The minimum atomic E-state index is -0.656. The van der Waals surface area contributed by atoms with Crippen LogP contribution in [0.15, 0.2) is 145 Å². The lowest BCUT2D eigenvalue weighted by Crippen LogP contribution is -1.96. The molecule has 0 N–H and O–H groups in total. The van der Waals surface area contributed by atoms with Crippen molar-refractivity contribution >= 4 is 43.6 Å². The number of para-hydroxylation sites is 3. The Morgan fingerprint density at radius 2 is 1.05 bits per heavy atom. The zero-order chi connectivity index (χ0) is 36.4. The van der Waals surface area contributed by atoms with Crippen LogP contribution in [-0.4, -0.2) is 9.13 Å². The van der Waals surface area contributed by atoms with Gasteiger partial charge in [-0.25, -0.2) is 0 Å². The number of nitrogens with zero attached hydrogens (tertiary/aromatic N) is 2. The first-order chi connectivity index (χ1) is 24.3. The van der Waals surface area contributed by atoms with Crippen molar-refractivity contribution in [2.24, 2.45) is 0 Å². The van der Waals surface area contributed by atoms with Crippen LogP contribution >= 0.6 is 0 Å². The van der Waals surface area contributed by atoms with E-state index in [4.69, 9.17) is 15.1 Å². The summed E-state index contributed by atoms with van der Waals surface area (Å²) in [4.78, 5) is 0. The van der Waals surface area contributed by atoms with Crippen molar-refractivity contribution in [3.05, 3.63) is 145 Å². The lowest BCUT2D eigenvalue weighted by Gasteiger charge is -2.12. The van der Waals surface area contributed by atoms with Crippen LogP contribution < -0.4 is 0 Å². The van der Waals surface area contributed by atoms with E-state index in [1.54, 1.807) is 45.5 Å². The molecule has 8 aromatic rings. The van der Waals surface area contributed by atoms with Crippen LogP contribution in [0.2, 0.25) is 0 Å². The summed E-state index contributed by atoms with van der Waals surface area (Å²) in [6.07, 6.45) is 0. The molecule has 2 heteroatoms. The molecule has 0 aliphatic carbocycles. The maximum atomic E-state index is 9.19. The fourth-order valence-electron chi connectivity index (χ4n) is 5.26. The molecule has 0 fully saturated rings. The molecule has 0 bridgehead atoms. The first-order valence-electron chi connectivity index (χ1n) is 18.5. The summed E-state index contributed by atoms with van der Waals surface area (Å²) in [5, 5.41) is 2.28. The second-order valence-electron chi connectivity index (χ2n) is 8.82. The van der Waals surface area contributed by atoms with Crippen LogP contribution in [0.3, 0.4) is 0 Å². The highest BCUT2D eigenvalue weighted by molar-refractivity contribution is 6.16. The van der Waals surface area contributed by atoms with Gasteiger partial charge in [0.25, 0.3) is 0 Å². The average molecular weight is 498 g/mol. The third-order valence-electron chi connectivity index (χ3n) is 6.81. The van der Waals surface area contributed by atoms with E-state index in [1.165, 1.54) is 0 Å². The first-order valence-corrected chi connectivity index (χ1v) is 12.0. The van der Waals surface area contributed by atoms with Crippen LogP contribution in [-0.2, 0) is 0 Å². The number of hydrogen-bond donors (Lipinski definition) is 0. The van der Waals surface area contributed by atoms with Gasteiger partial charge in [0.2, 0.25) is 0 Å². The Bertz CT molecular complexity index is 2790. The zero-order valence-electron chi connectivity index (χ0n) is 32.7. The highest BCUT2D eigenvalue weighted by Crippen LogP contribution is 2.39. The van der Waals surface area contributed by atoms with Gasteiger partial charge in [-0.2, -0.15) is 0 Å². The SMILES string of the molecule is [2H]c1c([2H])c([2H])c(-c2c([2H])c([2H])c(-n3c4ccccc4c4c(-n5c6ccccc6c6c([2H])c([2H])c([2H])c([2H])c65)cccc43)c([2H])c2[2H])c([2H])c1[2H]. The van der Waals surface area contributed by atoms with Gasteiger partial charge >= 0.3 is 0 Å². The van der Waals surface area contributed by atoms with Gasteiger partial charge in [0.1, 0.15) is 0 Å². The summed E-state index contributed by atoms with van der Waals surface area (Å²) in [6.45, 7) is 0. The molecule has 0 radical (unpaired) electrons. The minimum Gasteiger partial charge on any atom is -0.309 e. The monoisotopic (exact) mass is 497 g/mol. The molecule has 0 amide bonds. The molecule has 2 nitrogen and oxygen atoms in total. The zero-order valence-corrected chi connectivity index (χ0v) is 19.7. The topological polar surface area (TPSA) is 9.86 Å². The predicted octanol–water partition coefficient (Wildman–Crippen LogP) is 9.55. The van der Waals surface area contributed by atoms with Crippen LogP contribution in [0.5, 0.6) is 0 Å². The Morgan fingerprint density at radius 3 is 1.87 bits per heavy atom. The van der Waals surface area contributed by atoms with Crippen LogP contribution in [0.4, 0.5) is 0 Å². The minimum absolute atomic E-state index is 0.117. The molecule has 38 heavy (non-hydrogen) atoms. The van der Waals surface area contributed by atoms with Crippen LogP contribution in [0.1, 0.15) is 17.8 Å². The summed E-state index contributed by atoms with van der Waals surface area (Å²) >= 11 is 0. The molecular weight excluding hydrogens is 460 g/mol. The summed E-state index contributed by atoms with van der Waals surface area (Å²) < 4.78 is 116. The lowest BCUT2D eigenvalue weighted by molar-refractivity contribution is 1.17. The van der Waals surface area contributed by atoms with E-state index in [9.17, 15) is 2.74 Å². The number of hydrogen-bond acceptors (Lipinski definition) is 0. The molecule has 0 aliphatic heterocycles. The number of fused-ring (bicyclic) bond motifs is 6. The summed E-state index contributed by atoms with van der Waals surface area (Å²) in [6, 6.07) is 13.3. The first kappa shape index (κ1) is 12.0. The maximum Gasteiger partial charge on any atom is 0.0645 e. The van der Waals surface area contributed by atoms with Crippen LogP contribution in [0, 0.1) is 0 Å². The average Bonchev–Trinajstić information content (AvgIpc) is 3.66. The third kappa shape index (κ3) is 3.01. The molecule has 2 aromatic heterocycles. The molecular formula is C36H24N2. The predicted molar refractivity (Wildman–Crippen MR) is 161 cm³/mol. The Morgan fingerprint density at radius 1 is 0.421 bits per heavy atom. The summed E-state index contributed by atoms with van der Waals surface area (Å²) in [7, 11) is 0. The van der Waals surface area contributed by atoms with Crippen LogP contribution in [0.25, 0.3) is 66.1 Å². The van der Waals surface area contributed by atoms with Gasteiger partial charge in [0, 0.05) is 27.2 Å². The molecule has 6 aromatic carbocycles. The summed E-state index contributed by atoms with van der Waals surface area (Å²) in [5.41, 5.74) is 1.53. The lowest BCUT2D eigenvalue weighted by atomic mass is 10.1. The fourth-order valence-corrected chi connectivity index (χ4v) is 5.26. The number of aromatic nitrogens is 2. The number of benzene rings is 6. The van der Waals surface area contributed by atoms with Crippen molar-refractivity contribution in [2.45, 2.75) is 0 Å². The van der Waals surface area contributed by atoms with Crippen molar-refractivity contribution in [3.63, 3.8) is 0 Å². The Balaban J connectivity index is 1.51. The van der Waals surface area contributed by atoms with Crippen molar-refractivity contribution in [3.8, 4) is 22.5 Å². The van der Waals surface area contributed by atoms with Gasteiger partial charge in [-0.15, -0.1) is 0 Å². The fraction of sp³-hybridized carbons (Fsp3) is 0. The van der Waals surface area contributed by atoms with E-state index < -0.39 is 65.5 Å². The highest BCUT2D eigenvalue weighted by atomic mass is 15.0. The van der Waals surface area contributed by atoms with E-state index in [1.807, 2.05) is 30.3 Å². The molecule has 0 unspecified atom stereocenters. The van der Waals surface area contributed by atoms with Crippen molar-refractivity contribution in [1.82, 2.24) is 9.13 Å². The van der Waals surface area contributed by atoms with Gasteiger partial charge in [-0.3, -0.25) is 0 Å². The Labute approximate surface area is 238 Å². The van der Waals surface area contributed by atoms with Crippen molar-refractivity contribution in [2.75, 3.05) is 0 Å². The highest BCUT2D eigenvalue weighted by Gasteiger charge is 2.19. The molecule has 2 heterocycles. The van der Waals surface area contributed by atoms with Gasteiger partial charge in [-0.1, -0.05) is 103 Å². The third-order valence-corrected chi connectivity index (χ3v) is 6.81. The molecule has 0 aliphatic rings. The van der Waals surface area contributed by atoms with Crippen molar-refractivity contribution < 1.29 is 17.8 Å². The standard InChI is InChI=1S/C36H24N2/c1-2-11-25(12-3-1)26-21-23-27(24-22-26)37-33-18-9-6-15-30(33)36-34(37)19-10-20-35(36)38-31-16-7-4-13-28(31)29-14-5-8-17-32(29)38/h1-24H/i1D,2D,3D,4D,7D,11D,12D,13D,16D,21D,22D,23D,24D. The van der Waals surface area contributed by atoms with Gasteiger partial charge < -0.3 is 9.13 Å². The van der Waals surface area contributed by atoms with E-state index >= 15 is 0 Å². The van der Waals surface area contributed by atoms with E-state index in [0.29, 0.717) is 43.8 Å². The quantitative estimate of drug-likeness (QED) is 0.230. The largest absolute Gasteiger partial charge is 0.309 e. The molecule has 8 rings (SSSR count). The smallest absolute Gasteiger partial charge is 0.0645 e. The maximum absolute atomic E-state index is 9.19. The Hall–Kier alpha value is -5.08. The normalized spacial score (nSPS) is 16.5. The molecule has 178 valence electrons. The van der Waals surface area contributed by atoms with E-state index in [-0.39, 0.29) is 35.4 Å². The molecule has 0 spiro atoms. The molecule has 0 saturated heterocycles. The molecule has 0 saturated carbocycles. The van der Waals surface area contributed by atoms with Gasteiger partial charge in [-0.05, 0) is 53.5 Å². The van der Waals surface area contributed by atoms with Gasteiger partial charge in [0.15, 0.2) is 0 Å². The summed E-state index contributed by atoms with van der Waals surface area (Å²) in [5.74, 6) is 0. The van der Waals surface area contributed by atoms with Crippen molar-refractivity contribution in [1.29, 1.82) is 0 Å². The van der Waals surface area contributed by atoms with Gasteiger partial charge in [0.05, 0.1) is 45.6 Å². The van der Waals surface area contributed by atoms with E-state index in [0.717, 1.165) is 0 Å². The Kier molecular flexibility index (Phi) is 2.59. The second kappa shape index (κ2) is 8.22. The van der Waals surface area contributed by atoms with E-state index in [2.05, 4.69) is 0 Å².